The Labute approximate surface area is 176 Å². The largest absolute Gasteiger partial charge is 0.481 e. The lowest BCUT2D eigenvalue weighted by Gasteiger charge is -2.55. The maximum Gasteiger partial charge on any atom is 0.303 e. The first-order chi connectivity index (χ1) is 13.8. The van der Waals surface area contributed by atoms with Crippen LogP contribution in [0.4, 0.5) is 0 Å². The van der Waals surface area contributed by atoms with E-state index in [9.17, 15) is 19.5 Å². The van der Waals surface area contributed by atoms with E-state index in [2.05, 4.69) is 6.92 Å². The Hall–Kier alpha value is -1.14. The Balaban J connectivity index is 1.57. The van der Waals surface area contributed by atoms with Crippen LogP contribution in [0, 0.1) is 29.1 Å². The van der Waals surface area contributed by atoms with Gasteiger partial charge in [0, 0.05) is 24.5 Å². The van der Waals surface area contributed by atoms with Crippen molar-refractivity contribution in [3.05, 3.63) is 11.6 Å². The minimum Gasteiger partial charge on any atom is -0.481 e. The Morgan fingerprint density at radius 3 is 2.76 bits per heavy atom. The maximum absolute atomic E-state index is 12.7. The van der Waals surface area contributed by atoms with Crippen molar-refractivity contribution in [2.24, 2.45) is 29.1 Å². The Morgan fingerprint density at radius 2 is 2.00 bits per heavy atom. The molecule has 3 fully saturated rings. The van der Waals surface area contributed by atoms with Crippen LogP contribution in [0.3, 0.4) is 0 Å². The first kappa shape index (κ1) is 21.1. The van der Waals surface area contributed by atoms with Crippen LogP contribution in [-0.4, -0.2) is 38.4 Å². The molecule has 0 aromatic rings. The second-order valence-electron chi connectivity index (χ2n) is 9.80. The van der Waals surface area contributed by atoms with Crippen LogP contribution in [0.5, 0.6) is 0 Å². The lowest BCUT2D eigenvalue weighted by molar-refractivity contribution is -0.137. The van der Waals surface area contributed by atoms with Crippen LogP contribution in [-0.2, 0) is 14.4 Å². The molecule has 4 aliphatic carbocycles. The summed E-state index contributed by atoms with van der Waals surface area (Å²) in [4.78, 5) is 35.5. The van der Waals surface area contributed by atoms with E-state index in [-0.39, 0.29) is 40.5 Å². The molecule has 3 saturated carbocycles. The van der Waals surface area contributed by atoms with Crippen LogP contribution >= 0.6 is 11.8 Å². The minimum absolute atomic E-state index is 0.0254. The predicted molar refractivity (Wildman–Crippen MR) is 111 cm³/mol. The van der Waals surface area contributed by atoms with Crippen LogP contribution in [0.15, 0.2) is 11.6 Å². The molecule has 29 heavy (non-hydrogen) atoms. The molecule has 0 aromatic heterocycles. The predicted octanol–water partition coefficient (Wildman–Crippen LogP) is 3.98. The summed E-state index contributed by atoms with van der Waals surface area (Å²) in [6, 6.07) is 0. The summed E-state index contributed by atoms with van der Waals surface area (Å²) >= 11 is 1.40. The topological polar surface area (TPSA) is 91.7 Å². The number of carboxylic acids is 1. The Kier molecular flexibility index (Phi) is 5.95. The van der Waals surface area contributed by atoms with E-state index in [4.69, 9.17) is 5.11 Å². The second kappa shape index (κ2) is 8.18. The summed E-state index contributed by atoms with van der Waals surface area (Å²) in [5.41, 5.74) is 1.18. The molecule has 0 saturated heterocycles. The van der Waals surface area contributed by atoms with Crippen molar-refractivity contribution in [1.82, 2.24) is 0 Å². The third-order valence-corrected chi connectivity index (χ3v) is 9.55. The number of allylic oxidation sites excluding steroid dienone is 1. The minimum atomic E-state index is -0.864. The van der Waals surface area contributed by atoms with Gasteiger partial charge in [0.05, 0.1) is 6.10 Å². The zero-order valence-electron chi connectivity index (χ0n) is 17.1. The normalized spacial score (nSPS) is 41.2. The van der Waals surface area contributed by atoms with Crippen molar-refractivity contribution in [1.29, 1.82) is 0 Å². The summed E-state index contributed by atoms with van der Waals surface area (Å²) in [7, 11) is 0. The monoisotopic (exact) mass is 420 g/mol. The fourth-order valence-electron chi connectivity index (χ4n) is 6.87. The first-order valence-electron chi connectivity index (χ1n) is 11.1. The lowest BCUT2D eigenvalue weighted by Crippen LogP contribution is -2.52. The van der Waals surface area contributed by atoms with E-state index in [0.29, 0.717) is 36.5 Å². The molecule has 5 nitrogen and oxygen atoms in total. The summed E-state index contributed by atoms with van der Waals surface area (Å²) in [6.45, 7) is 2.23. The van der Waals surface area contributed by atoms with Crippen LogP contribution < -0.4 is 0 Å². The van der Waals surface area contributed by atoms with Gasteiger partial charge in [0.25, 0.3) is 0 Å². The number of carbonyl (C=O) groups is 3. The van der Waals surface area contributed by atoms with Crippen LogP contribution in [0.25, 0.3) is 0 Å². The van der Waals surface area contributed by atoms with E-state index >= 15 is 0 Å². The van der Waals surface area contributed by atoms with E-state index in [1.165, 1.54) is 17.3 Å². The number of thioether (sulfide) groups is 1. The number of ketones is 1. The van der Waals surface area contributed by atoms with Crippen molar-refractivity contribution in [2.75, 3.05) is 0 Å². The smallest absolute Gasteiger partial charge is 0.303 e. The summed E-state index contributed by atoms with van der Waals surface area (Å²) < 4.78 is 0. The summed E-state index contributed by atoms with van der Waals surface area (Å²) in [6.07, 6.45) is 8.61. The van der Waals surface area contributed by atoms with Crippen molar-refractivity contribution >= 4 is 28.6 Å². The third-order valence-electron chi connectivity index (χ3n) is 8.30. The molecule has 0 heterocycles. The Morgan fingerprint density at radius 1 is 1.21 bits per heavy atom. The fourth-order valence-corrected chi connectivity index (χ4v) is 8.29. The number of hydrogen-bond acceptors (Lipinski definition) is 5. The molecular formula is C23H32O5S. The van der Waals surface area contributed by atoms with Gasteiger partial charge in [0.2, 0.25) is 0 Å². The standard InChI is InChI=1S/C23H32O5S/c1-23-10-9-16-15-6-5-14(24)11-13(15)12-18(22(16)17(23)7-8-19(23)25)29-21(28)4-2-3-20(26)27/h11,15-19,22,25H,2-10,12H2,1H3,(H,26,27)/t15-,16+,17-,18+,19?,22+,23-/m0/s1. The van der Waals surface area contributed by atoms with Crippen LogP contribution in [0.2, 0.25) is 0 Å². The van der Waals surface area contributed by atoms with Crippen molar-refractivity contribution in [3.8, 4) is 0 Å². The SMILES string of the molecule is C[C@]12CC[C@H]3[C@@H]([C@H](SC(=O)CCCC(=O)O)CC4=CC(=O)CC[C@@H]43)[C@@H]1CCC2O. The van der Waals surface area contributed by atoms with Gasteiger partial charge in [0.15, 0.2) is 10.9 Å². The number of aliphatic carboxylic acids is 1. The molecule has 0 amide bonds. The van der Waals surface area contributed by atoms with Crippen molar-refractivity contribution in [2.45, 2.75) is 82.5 Å². The zero-order valence-corrected chi connectivity index (χ0v) is 18.0. The van der Waals surface area contributed by atoms with Gasteiger partial charge in [-0.2, -0.15) is 0 Å². The second-order valence-corrected chi connectivity index (χ2v) is 11.1. The van der Waals surface area contributed by atoms with Gasteiger partial charge >= 0.3 is 5.97 Å². The fraction of sp³-hybridized carbons (Fsp3) is 0.783. The first-order valence-corrected chi connectivity index (χ1v) is 12.0. The highest BCUT2D eigenvalue weighted by atomic mass is 32.2. The van der Waals surface area contributed by atoms with Crippen molar-refractivity contribution < 1.29 is 24.6 Å². The highest BCUT2D eigenvalue weighted by Gasteiger charge is 2.58. The number of carbonyl (C=O) groups excluding carboxylic acids is 2. The van der Waals surface area contributed by atoms with Gasteiger partial charge in [-0.3, -0.25) is 14.4 Å². The van der Waals surface area contributed by atoms with Gasteiger partial charge in [-0.1, -0.05) is 24.3 Å². The van der Waals surface area contributed by atoms with Crippen LogP contribution in [0.1, 0.15) is 71.1 Å². The number of rotatable bonds is 5. The number of aliphatic hydroxyl groups is 1. The average molecular weight is 421 g/mol. The molecule has 4 rings (SSSR count). The zero-order chi connectivity index (χ0) is 20.8. The molecule has 0 aliphatic heterocycles. The van der Waals surface area contributed by atoms with E-state index in [1.54, 1.807) is 0 Å². The number of carboxylic acid groups (broad SMARTS) is 1. The van der Waals surface area contributed by atoms with Gasteiger partial charge in [-0.05, 0) is 80.1 Å². The quantitative estimate of drug-likeness (QED) is 0.699. The highest BCUT2D eigenvalue weighted by Crippen LogP contribution is 2.63. The Bertz CT molecular complexity index is 731. The molecule has 0 radical (unpaired) electrons. The average Bonchev–Trinajstić information content (AvgIpc) is 2.96. The van der Waals surface area contributed by atoms with E-state index in [0.717, 1.165) is 38.5 Å². The maximum atomic E-state index is 12.7. The number of hydrogen-bond donors (Lipinski definition) is 2. The molecule has 160 valence electrons. The molecule has 2 N–H and O–H groups in total. The molecule has 0 spiro atoms. The molecular weight excluding hydrogens is 388 g/mol. The van der Waals surface area contributed by atoms with Gasteiger partial charge in [0.1, 0.15) is 0 Å². The molecule has 0 aromatic carbocycles. The molecule has 6 heteroatoms. The van der Waals surface area contributed by atoms with Gasteiger partial charge < -0.3 is 10.2 Å². The summed E-state index contributed by atoms with van der Waals surface area (Å²) in [5.74, 6) is 1.13. The molecule has 7 atom stereocenters. The van der Waals surface area contributed by atoms with E-state index in [1.807, 2.05) is 6.08 Å². The van der Waals surface area contributed by atoms with E-state index < -0.39 is 5.97 Å². The molecule has 4 aliphatic rings. The summed E-state index contributed by atoms with van der Waals surface area (Å²) in [5, 5.41) is 19.7. The molecule has 1 unspecified atom stereocenters. The highest BCUT2D eigenvalue weighted by molar-refractivity contribution is 8.14. The molecule has 0 bridgehead atoms. The van der Waals surface area contributed by atoms with Crippen molar-refractivity contribution in [3.63, 3.8) is 0 Å². The van der Waals surface area contributed by atoms with Gasteiger partial charge in [-0.25, -0.2) is 0 Å². The number of aliphatic hydroxyl groups excluding tert-OH is 1. The number of fused-ring (bicyclic) bond motifs is 5. The third kappa shape index (κ3) is 3.95. The lowest BCUT2D eigenvalue weighted by atomic mass is 9.52. The van der Waals surface area contributed by atoms with Gasteiger partial charge in [-0.15, -0.1) is 0 Å².